The average molecular weight is 446 g/mol. The minimum atomic E-state index is -0.437. The first-order chi connectivity index (χ1) is 15.6. The van der Waals surface area contributed by atoms with Crippen molar-refractivity contribution >= 4 is 23.9 Å². The molecule has 2 aromatic heterocycles. The Bertz CT molecular complexity index is 1390. The van der Waals surface area contributed by atoms with Crippen LogP contribution in [0.5, 0.6) is 0 Å². The molecular formula is C22H19N7O2S. The minimum Gasteiger partial charge on any atom is -0.271 e. The summed E-state index contributed by atoms with van der Waals surface area (Å²) in [4.78, 5) is 26.2. The quantitative estimate of drug-likeness (QED) is 0.375. The highest BCUT2D eigenvalue weighted by atomic mass is 32.2. The second-order valence-corrected chi connectivity index (χ2v) is 8.21. The zero-order valence-corrected chi connectivity index (χ0v) is 18.0. The van der Waals surface area contributed by atoms with E-state index >= 15 is 0 Å². The first kappa shape index (κ1) is 20.0. The minimum absolute atomic E-state index is 0.217. The third-order valence-electron chi connectivity index (χ3n) is 5.01. The van der Waals surface area contributed by atoms with Crippen LogP contribution in [0.3, 0.4) is 0 Å². The van der Waals surface area contributed by atoms with Gasteiger partial charge < -0.3 is 0 Å². The first-order valence-electron chi connectivity index (χ1n) is 9.95. The molecule has 160 valence electrons. The lowest BCUT2D eigenvalue weighted by molar-refractivity contribution is -0.121. The van der Waals surface area contributed by atoms with E-state index in [1.54, 1.807) is 21.0 Å². The number of aryl methyl sites for hydroxylation is 1. The van der Waals surface area contributed by atoms with Gasteiger partial charge in [-0.15, -0.1) is 11.8 Å². The van der Waals surface area contributed by atoms with Crippen molar-refractivity contribution in [3.05, 3.63) is 88.4 Å². The molecule has 1 aliphatic heterocycles. The molecule has 1 N–H and O–H groups in total. The molecule has 0 fully saturated rings. The van der Waals surface area contributed by atoms with Gasteiger partial charge in [-0.05, 0) is 31.2 Å². The number of para-hydroxylation sites is 2. The van der Waals surface area contributed by atoms with Crippen LogP contribution in [0.1, 0.15) is 17.1 Å². The van der Waals surface area contributed by atoms with Crippen molar-refractivity contribution in [3.63, 3.8) is 0 Å². The Kier molecular flexibility index (Phi) is 5.20. The van der Waals surface area contributed by atoms with Crippen LogP contribution in [-0.4, -0.2) is 36.2 Å². The van der Waals surface area contributed by atoms with E-state index in [1.165, 1.54) is 10.9 Å². The van der Waals surface area contributed by atoms with Crippen molar-refractivity contribution in [2.75, 3.05) is 0 Å². The van der Waals surface area contributed by atoms with Gasteiger partial charge in [0.05, 0.1) is 29.0 Å². The fraction of sp³-hybridized carbons (Fsp3) is 0.136. The summed E-state index contributed by atoms with van der Waals surface area (Å²) in [7, 11) is 0. The van der Waals surface area contributed by atoms with Gasteiger partial charge >= 0.3 is 5.69 Å². The molecule has 0 radical (unpaired) electrons. The number of benzene rings is 2. The number of amides is 1. The van der Waals surface area contributed by atoms with Gasteiger partial charge in [-0.2, -0.15) is 15.3 Å². The van der Waals surface area contributed by atoms with Gasteiger partial charge in [0.25, 0.3) is 5.91 Å². The van der Waals surface area contributed by atoms with Gasteiger partial charge in [0.15, 0.2) is 0 Å². The van der Waals surface area contributed by atoms with Crippen LogP contribution >= 0.6 is 11.8 Å². The standard InChI is InChI=1S/C22H19N7O2S/c1-15-16(12-27(25-15)17-7-3-2-4-8-17)11-23-24-21(30)13-28-22(31)29-18-9-5-6-10-19(18)32-14-20(29)26-28/h2-12H,13-14H2,1H3,(H,24,30). The molecule has 0 spiro atoms. The summed E-state index contributed by atoms with van der Waals surface area (Å²) in [5, 5.41) is 12.8. The maximum absolute atomic E-state index is 12.8. The van der Waals surface area contributed by atoms with E-state index in [4.69, 9.17) is 0 Å². The summed E-state index contributed by atoms with van der Waals surface area (Å²) in [5.41, 5.74) is 5.40. The lowest BCUT2D eigenvalue weighted by Gasteiger charge is -2.15. The molecule has 32 heavy (non-hydrogen) atoms. The number of aromatic nitrogens is 5. The van der Waals surface area contributed by atoms with Gasteiger partial charge in [-0.3, -0.25) is 4.79 Å². The van der Waals surface area contributed by atoms with E-state index < -0.39 is 5.91 Å². The summed E-state index contributed by atoms with van der Waals surface area (Å²) in [6, 6.07) is 17.4. The molecule has 0 saturated carbocycles. The molecule has 0 atom stereocenters. The summed E-state index contributed by atoms with van der Waals surface area (Å²) in [6.07, 6.45) is 3.37. The van der Waals surface area contributed by atoms with Crippen molar-refractivity contribution < 1.29 is 4.79 Å². The molecule has 0 aliphatic carbocycles. The molecule has 0 saturated heterocycles. The van der Waals surface area contributed by atoms with E-state index in [0.29, 0.717) is 11.6 Å². The number of carbonyl (C=O) groups is 1. The molecule has 0 unspecified atom stereocenters. The second-order valence-electron chi connectivity index (χ2n) is 7.19. The van der Waals surface area contributed by atoms with E-state index in [9.17, 15) is 9.59 Å². The second kappa shape index (κ2) is 8.31. The number of thioether (sulfide) groups is 1. The summed E-state index contributed by atoms with van der Waals surface area (Å²) < 4.78 is 4.48. The van der Waals surface area contributed by atoms with Crippen molar-refractivity contribution in [1.29, 1.82) is 0 Å². The van der Waals surface area contributed by atoms with Crippen molar-refractivity contribution in [2.24, 2.45) is 5.10 Å². The fourth-order valence-corrected chi connectivity index (χ4v) is 4.41. The zero-order chi connectivity index (χ0) is 22.1. The Morgan fingerprint density at radius 2 is 1.94 bits per heavy atom. The number of hydrogen-bond donors (Lipinski definition) is 1. The number of rotatable bonds is 5. The van der Waals surface area contributed by atoms with Gasteiger partial charge in [-0.25, -0.2) is 24.2 Å². The summed E-state index contributed by atoms with van der Waals surface area (Å²) >= 11 is 1.62. The molecular weight excluding hydrogens is 426 g/mol. The summed E-state index contributed by atoms with van der Waals surface area (Å²) in [5.74, 6) is 0.760. The Hall–Kier alpha value is -3.92. The van der Waals surface area contributed by atoms with E-state index in [1.807, 2.05) is 67.7 Å². The highest BCUT2D eigenvalue weighted by molar-refractivity contribution is 7.98. The fourth-order valence-electron chi connectivity index (χ4n) is 3.46. The van der Waals surface area contributed by atoms with Gasteiger partial charge in [-0.1, -0.05) is 30.3 Å². The van der Waals surface area contributed by atoms with Gasteiger partial charge in [0.2, 0.25) is 0 Å². The molecule has 3 heterocycles. The van der Waals surface area contributed by atoms with E-state index in [0.717, 1.165) is 27.5 Å². The predicted octanol–water partition coefficient (Wildman–Crippen LogP) is 2.28. The number of hydrazone groups is 1. The average Bonchev–Trinajstić information content (AvgIpc) is 3.34. The third kappa shape index (κ3) is 3.76. The number of nitrogens with one attached hydrogen (secondary N) is 1. The normalized spacial score (nSPS) is 12.5. The summed E-state index contributed by atoms with van der Waals surface area (Å²) in [6.45, 7) is 1.65. The van der Waals surface area contributed by atoms with E-state index in [-0.39, 0.29) is 12.2 Å². The van der Waals surface area contributed by atoms with Gasteiger partial charge in [0, 0.05) is 16.7 Å². The van der Waals surface area contributed by atoms with Crippen LogP contribution in [-0.2, 0) is 17.1 Å². The smallest absolute Gasteiger partial charge is 0.271 e. The first-order valence-corrected chi connectivity index (χ1v) is 10.9. The molecule has 1 amide bonds. The Labute approximate surface area is 187 Å². The van der Waals surface area contributed by atoms with Crippen LogP contribution in [0.4, 0.5) is 0 Å². The van der Waals surface area contributed by atoms with Crippen LogP contribution in [0.2, 0.25) is 0 Å². The van der Waals surface area contributed by atoms with Gasteiger partial charge in [0.1, 0.15) is 12.4 Å². The lowest BCUT2D eigenvalue weighted by Crippen LogP contribution is -2.31. The number of fused-ring (bicyclic) bond motifs is 3. The highest BCUT2D eigenvalue weighted by Gasteiger charge is 2.22. The molecule has 5 rings (SSSR count). The molecule has 10 heteroatoms. The van der Waals surface area contributed by atoms with E-state index in [2.05, 4.69) is 20.7 Å². The number of nitrogens with zero attached hydrogens (tertiary/aromatic N) is 6. The molecule has 1 aliphatic rings. The monoisotopic (exact) mass is 445 g/mol. The Morgan fingerprint density at radius 3 is 2.78 bits per heavy atom. The SMILES string of the molecule is Cc1nn(-c2ccccc2)cc1C=NNC(=O)Cn1nc2n(c1=O)-c1ccccc1SC2. The largest absolute Gasteiger partial charge is 0.351 e. The maximum atomic E-state index is 12.8. The maximum Gasteiger partial charge on any atom is 0.351 e. The van der Waals surface area contributed by atoms with Crippen molar-refractivity contribution in [2.45, 2.75) is 24.1 Å². The predicted molar refractivity (Wildman–Crippen MR) is 121 cm³/mol. The van der Waals surface area contributed by atoms with Crippen LogP contribution in [0.15, 0.2) is 75.6 Å². The molecule has 4 aromatic rings. The molecule has 9 nitrogen and oxygen atoms in total. The molecule has 0 bridgehead atoms. The zero-order valence-electron chi connectivity index (χ0n) is 17.2. The Morgan fingerprint density at radius 1 is 1.16 bits per heavy atom. The molecule has 2 aromatic carbocycles. The topological polar surface area (TPSA) is 99.1 Å². The lowest BCUT2D eigenvalue weighted by atomic mass is 10.3. The Balaban J connectivity index is 1.28. The number of carbonyl (C=O) groups excluding carboxylic acids is 1. The highest BCUT2D eigenvalue weighted by Crippen LogP contribution is 2.32. The van der Waals surface area contributed by atoms with Crippen LogP contribution in [0.25, 0.3) is 11.4 Å². The van der Waals surface area contributed by atoms with Crippen LogP contribution < -0.4 is 11.1 Å². The van der Waals surface area contributed by atoms with Crippen molar-refractivity contribution in [1.82, 2.24) is 29.6 Å². The van der Waals surface area contributed by atoms with Crippen LogP contribution in [0, 0.1) is 6.92 Å². The van der Waals surface area contributed by atoms with Crippen molar-refractivity contribution in [3.8, 4) is 11.4 Å². The third-order valence-corrected chi connectivity index (χ3v) is 6.07. The number of hydrogen-bond acceptors (Lipinski definition) is 6.